The number of rotatable bonds is 4. The molecule has 0 saturated heterocycles. The van der Waals surface area contributed by atoms with Crippen molar-refractivity contribution >= 4 is 27.2 Å². The molecule has 1 unspecified atom stereocenters. The fourth-order valence-electron chi connectivity index (χ4n) is 3.87. The minimum absolute atomic E-state index is 0.351. The molecular weight excluding hydrogens is 370 g/mol. The summed E-state index contributed by atoms with van der Waals surface area (Å²) in [5.41, 5.74) is 3.53. The van der Waals surface area contributed by atoms with Crippen LogP contribution in [0.3, 0.4) is 0 Å². The number of nitrogens with one attached hydrogen (secondary N) is 1. The summed E-state index contributed by atoms with van der Waals surface area (Å²) in [6, 6.07) is 8.68. The Labute approximate surface area is 167 Å². The van der Waals surface area contributed by atoms with Crippen LogP contribution in [0.4, 0.5) is 0 Å². The van der Waals surface area contributed by atoms with Crippen molar-refractivity contribution in [3.63, 3.8) is 0 Å². The Bertz CT molecular complexity index is 1150. The van der Waals surface area contributed by atoms with E-state index in [4.69, 9.17) is 9.72 Å². The number of hydrogen-bond acceptors (Lipinski definition) is 5. The van der Waals surface area contributed by atoms with E-state index < -0.39 is 0 Å². The van der Waals surface area contributed by atoms with Crippen molar-refractivity contribution in [1.82, 2.24) is 19.6 Å². The molecule has 0 bridgehead atoms. The summed E-state index contributed by atoms with van der Waals surface area (Å²) in [4.78, 5) is 13.6. The van der Waals surface area contributed by atoms with Gasteiger partial charge in [0, 0.05) is 6.42 Å². The largest absolute Gasteiger partial charge is 0.486 e. The van der Waals surface area contributed by atoms with Gasteiger partial charge in [-0.25, -0.2) is 14.5 Å². The maximum Gasteiger partial charge on any atom is 0.189 e. The zero-order valence-corrected chi connectivity index (χ0v) is 17.2. The van der Waals surface area contributed by atoms with Gasteiger partial charge < -0.3 is 9.64 Å². The highest BCUT2D eigenvalue weighted by molar-refractivity contribution is 7.19. The first kappa shape index (κ1) is 17.6. The lowest BCUT2D eigenvalue weighted by atomic mass is 10.0. The van der Waals surface area contributed by atoms with Gasteiger partial charge in [-0.3, -0.25) is 0 Å². The Morgan fingerprint density at radius 1 is 1.25 bits per heavy atom. The van der Waals surface area contributed by atoms with E-state index in [0.717, 1.165) is 35.7 Å². The third-order valence-corrected chi connectivity index (χ3v) is 6.68. The normalized spacial score (nSPS) is 16.8. The molecule has 5 rings (SSSR count). The number of fused-ring (bicyclic) bond motifs is 5. The molecular formula is C21H24N5OS+. The van der Waals surface area contributed by atoms with Crippen LogP contribution in [0.2, 0.25) is 0 Å². The van der Waals surface area contributed by atoms with E-state index in [1.54, 1.807) is 15.7 Å². The first-order chi connectivity index (χ1) is 13.6. The number of ether oxygens (including phenoxy) is 1. The number of thiophene rings is 1. The molecule has 1 N–H and O–H groups in total. The lowest BCUT2D eigenvalue weighted by molar-refractivity contribution is -0.936. The van der Waals surface area contributed by atoms with Crippen molar-refractivity contribution in [2.24, 2.45) is 0 Å². The Morgan fingerprint density at radius 2 is 2.07 bits per heavy atom. The van der Waals surface area contributed by atoms with Crippen molar-refractivity contribution in [1.29, 1.82) is 0 Å². The second kappa shape index (κ2) is 6.83. The summed E-state index contributed by atoms with van der Waals surface area (Å²) in [5.74, 6) is 1.51. The van der Waals surface area contributed by atoms with Crippen molar-refractivity contribution < 1.29 is 9.64 Å². The molecule has 0 amide bonds. The van der Waals surface area contributed by atoms with E-state index in [1.807, 2.05) is 35.6 Å². The van der Waals surface area contributed by atoms with Gasteiger partial charge in [-0.1, -0.05) is 17.7 Å². The highest BCUT2D eigenvalue weighted by Gasteiger charge is 2.27. The van der Waals surface area contributed by atoms with Gasteiger partial charge in [-0.15, -0.1) is 16.4 Å². The van der Waals surface area contributed by atoms with Crippen LogP contribution in [0.25, 0.3) is 15.9 Å². The highest BCUT2D eigenvalue weighted by atomic mass is 32.1. The lowest BCUT2D eigenvalue weighted by Gasteiger charge is -2.27. The molecule has 0 fully saturated rings. The second-order valence-corrected chi connectivity index (χ2v) is 8.90. The number of aromatic nitrogens is 4. The Hall–Kier alpha value is -2.51. The number of benzene rings is 1. The zero-order valence-electron chi connectivity index (χ0n) is 16.4. The van der Waals surface area contributed by atoms with E-state index in [1.165, 1.54) is 21.4 Å². The second-order valence-electron chi connectivity index (χ2n) is 7.82. The van der Waals surface area contributed by atoms with Crippen LogP contribution in [0.15, 0.2) is 30.6 Å². The Balaban J connectivity index is 1.48. The maximum atomic E-state index is 5.86. The summed E-state index contributed by atoms with van der Waals surface area (Å²) in [6.07, 6.45) is 2.85. The Morgan fingerprint density at radius 3 is 2.86 bits per heavy atom. The van der Waals surface area contributed by atoms with Gasteiger partial charge in [-0.2, -0.15) is 0 Å². The van der Waals surface area contributed by atoms with Gasteiger partial charge in [0.15, 0.2) is 11.5 Å². The summed E-state index contributed by atoms with van der Waals surface area (Å²) in [6.45, 7) is 9.25. The fourth-order valence-corrected chi connectivity index (χ4v) is 5.10. The van der Waals surface area contributed by atoms with Crippen LogP contribution in [0.1, 0.15) is 35.7 Å². The van der Waals surface area contributed by atoms with E-state index in [0.29, 0.717) is 18.5 Å². The molecule has 0 aliphatic carbocycles. The third-order valence-electron chi connectivity index (χ3n) is 5.54. The maximum absolute atomic E-state index is 5.86. The summed E-state index contributed by atoms with van der Waals surface area (Å²) < 4.78 is 7.66. The molecule has 3 aromatic heterocycles. The molecule has 1 aliphatic rings. The van der Waals surface area contributed by atoms with Gasteiger partial charge in [0.25, 0.3) is 0 Å². The highest BCUT2D eigenvalue weighted by Crippen LogP contribution is 2.33. The lowest BCUT2D eigenvalue weighted by Crippen LogP contribution is -3.14. The molecule has 1 aliphatic heterocycles. The molecule has 0 radical (unpaired) electrons. The van der Waals surface area contributed by atoms with Crippen LogP contribution in [0, 0.1) is 6.92 Å². The molecule has 0 saturated carbocycles. The average Bonchev–Trinajstić information content (AvgIpc) is 3.27. The van der Waals surface area contributed by atoms with Crippen molar-refractivity contribution in [2.75, 3.05) is 6.54 Å². The number of quaternary nitrogens is 1. The Kier molecular flexibility index (Phi) is 4.29. The summed E-state index contributed by atoms with van der Waals surface area (Å²) >= 11 is 1.81. The van der Waals surface area contributed by atoms with Gasteiger partial charge in [0.2, 0.25) is 0 Å². The number of hydrogen-bond donors (Lipinski definition) is 1. The van der Waals surface area contributed by atoms with E-state index in [-0.39, 0.29) is 0 Å². The summed E-state index contributed by atoms with van der Waals surface area (Å²) in [5, 5.41) is 5.76. The molecule has 0 spiro atoms. The van der Waals surface area contributed by atoms with Gasteiger partial charge in [-0.05, 0) is 38.5 Å². The van der Waals surface area contributed by atoms with E-state index in [2.05, 4.69) is 30.9 Å². The molecule has 28 heavy (non-hydrogen) atoms. The van der Waals surface area contributed by atoms with Crippen LogP contribution >= 0.6 is 11.3 Å². The van der Waals surface area contributed by atoms with Crippen molar-refractivity contribution in [3.8, 4) is 5.75 Å². The minimum atomic E-state index is 0.351. The molecule has 144 valence electrons. The van der Waals surface area contributed by atoms with Crippen LogP contribution < -0.4 is 9.64 Å². The van der Waals surface area contributed by atoms with Crippen LogP contribution in [-0.2, 0) is 19.6 Å². The van der Waals surface area contributed by atoms with Crippen LogP contribution in [0.5, 0.6) is 5.75 Å². The van der Waals surface area contributed by atoms with E-state index >= 15 is 0 Å². The van der Waals surface area contributed by atoms with Crippen molar-refractivity contribution in [3.05, 3.63) is 52.4 Å². The van der Waals surface area contributed by atoms with E-state index in [9.17, 15) is 0 Å². The fraction of sp³-hybridized carbons (Fsp3) is 0.381. The third kappa shape index (κ3) is 3.04. The van der Waals surface area contributed by atoms with Gasteiger partial charge >= 0.3 is 0 Å². The SMILES string of the molecule is Cc1ccc(OCc2nc3c4c5c(sc4ncn3n2)C[NH+](C(C)C)CC5)cc1. The first-order valence-corrected chi connectivity index (χ1v) is 10.6. The summed E-state index contributed by atoms with van der Waals surface area (Å²) in [7, 11) is 0. The molecule has 6 nitrogen and oxygen atoms in total. The molecule has 1 aromatic carbocycles. The van der Waals surface area contributed by atoms with Crippen molar-refractivity contribution in [2.45, 2.75) is 46.4 Å². The predicted molar refractivity (Wildman–Crippen MR) is 110 cm³/mol. The molecule has 4 heterocycles. The quantitative estimate of drug-likeness (QED) is 0.578. The van der Waals surface area contributed by atoms with Crippen LogP contribution in [-0.4, -0.2) is 32.2 Å². The molecule has 7 heteroatoms. The minimum Gasteiger partial charge on any atom is -0.486 e. The smallest absolute Gasteiger partial charge is 0.189 e. The predicted octanol–water partition coefficient (Wildman–Crippen LogP) is 2.58. The standard InChI is InChI=1S/C21H23N5OS/c1-13(2)25-9-8-16-17(10-25)28-21-19(16)20-23-18(24-26(20)12-22-21)11-27-15-6-4-14(3)5-7-15/h4-7,12-13H,8-11H2,1-3H3/p+1. The first-order valence-electron chi connectivity index (χ1n) is 9.77. The monoisotopic (exact) mass is 394 g/mol. The van der Waals surface area contributed by atoms with Gasteiger partial charge in [0.1, 0.15) is 30.1 Å². The number of nitrogens with zero attached hydrogens (tertiary/aromatic N) is 4. The average molecular weight is 395 g/mol. The number of aryl methyl sites for hydroxylation is 1. The molecule has 1 atom stereocenters. The zero-order chi connectivity index (χ0) is 19.3. The topological polar surface area (TPSA) is 56.8 Å². The molecule has 4 aromatic rings. The van der Waals surface area contributed by atoms with Gasteiger partial charge in [0.05, 0.1) is 22.8 Å².